The van der Waals surface area contributed by atoms with Gasteiger partial charge in [-0.2, -0.15) is 0 Å². The second-order valence-corrected chi connectivity index (χ2v) is 8.16. The molecule has 0 saturated carbocycles. The Balaban J connectivity index is 2.25. The number of carbonyl (C=O) groups is 4. The number of esters is 3. The highest BCUT2D eigenvalue weighted by Crippen LogP contribution is 2.17. The van der Waals surface area contributed by atoms with Gasteiger partial charge in [0, 0.05) is 12.8 Å². The minimum Gasteiger partial charge on any atom is -0.478 e. The smallest absolute Gasteiger partial charge is 0.339 e. The van der Waals surface area contributed by atoms with Crippen LogP contribution in [-0.4, -0.2) is 48.3 Å². The molecule has 1 aromatic rings. The summed E-state index contributed by atoms with van der Waals surface area (Å²) < 4.78 is 15.9. The maximum absolute atomic E-state index is 12.5. The van der Waals surface area contributed by atoms with E-state index in [2.05, 4.69) is 0 Å². The Kier molecular flexibility index (Phi) is 15.0. The Morgan fingerprint density at radius 3 is 1.91 bits per heavy atom. The average Bonchev–Trinajstić information content (AvgIpc) is 2.81. The second-order valence-electron chi connectivity index (χ2n) is 8.16. The first kappa shape index (κ1) is 29.1. The van der Waals surface area contributed by atoms with Crippen LogP contribution in [0.25, 0.3) is 0 Å². The fourth-order valence-corrected chi connectivity index (χ4v) is 3.32. The van der Waals surface area contributed by atoms with Gasteiger partial charge in [0.2, 0.25) is 0 Å². The lowest BCUT2D eigenvalue weighted by atomic mass is 10.1. The van der Waals surface area contributed by atoms with Gasteiger partial charge in [-0.1, -0.05) is 38.8 Å². The van der Waals surface area contributed by atoms with Crippen molar-refractivity contribution in [1.29, 1.82) is 0 Å². The molecule has 1 aromatic carbocycles. The highest BCUT2D eigenvalue weighted by Gasteiger charge is 2.20. The monoisotopic (exact) mass is 478 g/mol. The summed E-state index contributed by atoms with van der Waals surface area (Å²) in [6, 6.07) is 5.99. The van der Waals surface area contributed by atoms with Crippen molar-refractivity contribution in [3.63, 3.8) is 0 Å². The van der Waals surface area contributed by atoms with Crippen molar-refractivity contribution in [2.75, 3.05) is 13.2 Å². The van der Waals surface area contributed by atoms with Crippen molar-refractivity contribution in [3.8, 4) is 0 Å². The number of benzene rings is 1. The molecule has 0 saturated heterocycles. The van der Waals surface area contributed by atoms with Crippen molar-refractivity contribution in [1.82, 2.24) is 0 Å². The van der Waals surface area contributed by atoms with E-state index in [1.54, 1.807) is 12.1 Å². The molecule has 0 fully saturated rings. The van der Waals surface area contributed by atoms with Crippen LogP contribution in [0.5, 0.6) is 0 Å². The number of carboxylic acids is 1. The molecular formula is C26H38O8. The van der Waals surface area contributed by atoms with E-state index in [4.69, 9.17) is 14.2 Å². The third-order valence-corrected chi connectivity index (χ3v) is 5.22. The van der Waals surface area contributed by atoms with Crippen molar-refractivity contribution < 1.29 is 38.5 Å². The van der Waals surface area contributed by atoms with E-state index in [-0.39, 0.29) is 42.2 Å². The lowest BCUT2D eigenvalue weighted by Crippen LogP contribution is -2.20. The largest absolute Gasteiger partial charge is 0.478 e. The van der Waals surface area contributed by atoms with Crippen molar-refractivity contribution >= 4 is 23.9 Å². The molecule has 0 aromatic heterocycles. The Labute approximate surface area is 202 Å². The van der Waals surface area contributed by atoms with Crippen LogP contribution in [0.1, 0.15) is 105 Å². The lowest BCUT2D eigenvalue weighted by molar-refractivity contribution is -0.146. The van der Waals surface area contributed by atoms with E-state index >= 15 is 0 Å². The summed E-state index contributed by atoms with van der Waals surface area (Å²) in [5.41, 5.74) is -0.0395. The first-order valence-corrected chi connectivity index (χ1v) is 12.2. The lowest BCUT2D eigenvalue weighted by Gasteiger charge is -2.18. The molecule has 1 N–H and O–H groups in total. The van der Waals surface area contributed by atoms with Gasteiger partial charge in [-0.25, -0.2) is 9.59 Å². The first-order chi connectivity index (χ1) is 16.4. The molecule has 8 heteroatoms. The fraction of sp³-hybridized carbons (Fsp3) is 0.615. The molecule has 0 aliphatic carbocycles. The second kappa shape index (κ2) is 17.6. The molecular weight excluding hydrogens is 440 g/mol. The number of hydrogen-bond donors (Lipinski definition) is 1. The third-order valence-electron chi connectivity index (χ3n) is 5.22. The van der Waals surface area contributed by atoms with E-state index in [1.807, 2.05) is 13.8 Å². The van der Waals surface area contributed by atoms with Crippen molar-refractivity contribution in [2.45, 2.75) is 90.6 Å². The van der Waals surface area contributed by atoms with E-state index in [0.29, 0.717) is 51.6 Å². The van der Waals surface area contributed by atoms with Crippen LogP contribution in [0.2, 0.25) is 0 Å². The molecule has 0 aliphatic heterocycles. The molecule has 1 unspecified atom stereocenters. The number of unbranched alkanes of at least 4 members (excludes halogenated alkanes) is 3. The Morgan fingerprint density at radius 1 is 0.765 bits per heavy atom. The predicted molar refractivity (Wildman–Crippen MR) is 127 cm³/mol. The fourth-order valence-electron chi connectivity index (χ4n) is 3.32. The van der Waals surface area contributed by atoms with Crippen LogP contribution in [0.4, 0.5) is 0 Å². The van der Waals surface area contributed by atoms with E-state index in [0.717, 1.165) is 19.3 Å². The van der Waals surface area contributed by atoms with Crippen LogP contribution in [0.3, 0.4) is 0 Å². The zero-order chi connectivity index (χ0) is 25.2. The summed E-state index contributed by atoms with van der Waals surface area (Å²) in [5, 5.41) is 9.26. The number of hydrogen-bond acceptors (Lipinski definition) is 7. The Hall–Kier alpha value is -2.90. The van der Waals surface area contributed by atoms with Gasteiger partial charge >= 0.3 is 23.9 Å². The maximum Gasteiger partial charge on any atom is 0.339 e. The zero-order valence-corrected chi connectivity index (χ0v) is 20.4. The summed E-state index contributed by atoms with van der Waals surface area (Å²) in [6.45, 7) is 4.75. The van der Waals surface area contributed by atoms with Crippen LogP contribution in [0, 0.1) is 0 Å². The van der Waals surface area contributed by atoms with Crippen LogP contribution in [-0.2, 0) is 23.8 Å². The van der Waals surface area contributed by atoms with Crippen molar-refractivity contribution in [3.05, 3.63) is 35.4 Å². The number of carboxylic acid groups (broad SMARTS) is 1. The standard InChI is InChI=1S/C26H38O8/c1-3-5-18-32-23(27)16-8-9-17-24(28)33-19-11-10-13-20(12-4-2)34-26(31)22-15-7-6-14-21(22)25(29)30/h6-7,14-15,20H,3-5,8-13,16-19H2,1-2H3,(H,29,30). The molecule has 190 valence electrons. The zero-order valence-electron chi connectivity index (χ0n) is 20.4. The topological polar surface area (TPSA) is 116 Å². The predicted octanol–water partition coefficient (Wildman–Crippen LogP) is 5.33. The maximum atomic E-state index is 12.5. The molecule has 0 bridgehead atoms. The van der Waals surface area contributed by atoms with Crippen LogP contribution < -0.4 is 0 Å². The van der Waals surface area contributed by atoms with Gasteiger partial charge in [0.25, 0.3) is 0 Å². The minimum absolute atomic E-state index is 0.0410. The molecule has 0 aliphatic rings. The van der Waals surface area contributed by atoms with Crippen molar-refractivity contribution in [2.24, 2.45) is 0 Å². The minimum atomic E-state index is -1.17. The van der Waals surface area contributed by atoms with Gasteiger partial charge in [0.1, 0.15) is 6.10 Å². The van der Waals surface area contributed by atoms with Gasteiger partial charge in [0.15, 0.2) is 0 Å². The average molecular weight is 479 g/mol. The first-order valence-electron chi connectivity index (χ1n) is 12.2. The number of ether oxygens (including phenoxy) is 3. The Bertz CT molecular complexity index is 774. The molecule has 0 amide bonds. The summed E-state index contributed by atoms with van der Waals surface area (Å²) in [5.74, 6) is -2.33. The van der Waals surface area contributed by atoms with Gasteiger partial charge in [-0.05, 0) is 57.1 Å². The number of carbonyl (C=O) groups excluding carboxylic acids is 3. The molecule has 34 heavy (non-hydrogen) atoms. The normalized spacial score (nSPS) is 11.5. The molecule has 1 atom stereocenters. The van der Waals surface area contributed by atoms with Crippen LogP contribution in [0.15, 0.2) is 24.3 Å². The van der Waals surface area contributed by atoms with Gasteiger partial charge in [-0.15, -0.1) is 0 Å². The van der Waals surface area contributed by atoms with E-state index < -0.39 is 11.9 Å². The number of rotatable bonds is 18. The van der Waals surface area contributed by atoms with E-state index in [1.165, 1.54) is 12.1 Å². The summed E-state index contributed by atoms with van der Waals surface area (Å²) in [6.07, 6.45) is 6.69. The number of aromatic carboxylic acids is 1. The highest BCUT2D eigenvalue weighted by molar-refractivity contribution is 6.02. The Morgan fingerprint density at radius 2 is 1.35 bits per heavy atom. The summed E-state index contributed by atoms with van der Waals surface area (Å²) in [7, 11) is 0. The molecule has 0 radical (unpaired) electrons. The molecule has 1 rings (SSSR count). The van der Waals surface area contributed by atoms with Gasteiger partial charge in [0.05, 0.1) is 24.3 Å². The van der Waals surface area contributed by atoms with Crippen LogP contribution >= 0.6 is 0 Å². The molecule has 0 spiro atoms. The molecule has 0 heterocycles. The highest BCUT2D eigenvalue weighted by atomic mass is 16.5. The quantitative estimate of drug-likeness (QED) is 0.171. The van der Waals surface area contributed by atoms with Gasteiger partial charge < -0.3 is 19.3 Å². The van der Waals surface area contributed by atoms with E-state index in [9.17, 15) is 24.3 Å². The summed E-state index contributed by atoms with van der Waals surface area (Å²) in [4.78, 5) is 47.1. The third kappa shape index (κ3) is 12.4. The van der Waals surface area contributed by atoms with Gasteiger partial charge in [-0.3, -0.25) is 9.59 Å². The summed E-state index contributed by atoms with van der Waals surface area (Å²) >= 11 is 0. The molecule has 8 nitrogen and oxygen atoms in total. The SMILES string of the molecule is CCCCOC(=O)CCCCC(=O)OCCCCC(CCC)OC(=O)c1ccccc1C(=O)O.